The van der Waals surface area contributed by atoms with Crippen LogP contribution in [-0.2, 0) is 46.3 Å². The summed E-state index contributed by atoms with van der Waals surface area (Å²) in [4.78, 5) is 13.4. The number of hydrogen-bond donors (Lipinski definition) is 7. The maximum absolute atomic E-state index is 14.2. The molecular formula is C37H45FN4O15. The Morgan fingerprint density at radius 2 is 1.39 bits per heavy atom. The van der Waals surface area contributed by atoms with Crippen LogP contribution in [0.4, 0.5) is 4.39 Å². The fourth-order valence-electron chi connectivity index (χ4n) is 5.59. The summed E-state index contributed by atoms with van der Waals surface area (Å²) in [6.07, 6.45) is -2.77. The van der Waals surface area contributed by atoms with Crippen molar-refractivity contribution in [1.82, 2.24) is 15.0 Å². The molecule has 1 aliphatic rings. The van der Waals surface area contributed by atoms with E-state index in [0.29, 0.717) is 78.2 Å². The fraction of sp³-hybridized carbons (Fsp3) is 0.432. The van der Waals surface area contributed by atoms with Crippen molar-refractivity contribution >= 4 is 5.97 Å². The standard InChI is InChI=1S/C37H45FN4O15/c38-26-15-22(1-2-27(26)44)37(49)57-36-34(23-16-29(46)33(48)30(47)17-23)56-31-19-25(43)18-28(45)32(31)35(36)55-21-24-20-42(41-40-24)4-6-51-8-10-53-12-14-54-13-11-52-9-7-50-5-3-39/h1-2,15-20,34-36,43-48H,3-14,21,39H2. The summed E-state index contributed by atoms with van der Waals surface area (Å²) in [5, 5.41) is 69.7. The van der Waals surface area contributed by atoms with Gasteiger partial charge in [-0.05, 0) is 30.3 Å². The number of halogens is 1. The van der Waals surface area contributed by atoms with Gasteiger partial charge in [-0.1, -0.05) is 5.21 Å². The summed E-state index contributed by atoms with van der Waals surface area (Å²) < 4.78 is 61.0. The zero-order valence-corrected chi connectivity index (χ0v) is 30.7. The summed E-state index contributed by atoms with van der Waals surface area (Å²) in [6, 6.07) is 7.10. The van der Waals surface area contributed by atoms with E-state index in [-0.39, 0.29) is 41.4 Å². The molecule has 5 rings (SSSR count). The van der Waals surface area contributed by atoms with Gasteiger partial charge in [-0.15, -0.1) is 5.10 Å². The van der Waals surface area contributed by atoms with Gasteiger partial charge in [0.05, 0.1) is 96.5 Å². The van der Waals surface area contributed by atoms with Crippen molar-refractivity contribution in [2.24, 2.45) is 5.73 Å². The third-order valence-corrected chi connectivity index (χ3v) is 8.30. The molecule has 20 heteroatoms. The van der Waals surface area contributed by atoms with E-state index in [1.807, 2.05) is 0 Å². The Bertz CT molecular complexity index is 1890. The Morgan fingerprint density at radius 1 is 0.772 bits per heavy atom. The Morgan fingerprint density at radius 3 is 2.00 bits per heavy atom. The number of aromatic hydroxyl groups is 6. The number of carbonyl (C=O) groups excluding carboxylic acids is 1. The first kappa shape index (κ1) is 42.7. The van der Waals surface area contributed by atoms with Crippen LogP contribution in [0, 0.1) is 5.82 Å². The van der Waals surface area contributed by atoms with Crippen LogP contribution in [0.25, 0.3) is 0 Å². The van der Waals surface area contributed by atoms with Gasteiger partial charge in [-0.25, -0.2) is 13.9 Å². The second-order valence-corrected chi connectivity index (χ2v) is 12.4. The number of ether oxygens (including phenoxy) is 8. The molecule has 57 heavy (non-hydrogen) atoms. The van der Waals surface area contributed by atoms with Gasteiger partial charge in [-0.3, -0.25) is 0 Å². The summed E-state index contributed by atoms with van der Waals surface area (Å²) in [5.74, 6) is -6.19. The molecule has 0 fully saturated rings. The third-order valence-electron chi connectivity index (χ3n) is 8.30. The average Bonchev–Trinajstić information content (AvgIpc) is 3.64. The van der Waals surface area contributed by atoms with E-state index in [9.17, 15) is 39.8 Å². The highest BCUT2D eigenvalue weighted by molar-refractivity contribution is 5.89. The van der Waals surface area contributed by atoms with Crippen LogP contribution in [0.5, 0.6) is 40.2 Å². The first-order valence-electron chi connectivity index (χ1n) is 17.8. The maximum Gasteiger partial charge on any atom is 0.338 e. The molecule has 0 amide bonds. The van der Waals surface area contributed by atoms with Crippen molar-refractivity contribution in [3.8, 4) is 40.2 Å². The normalized spacial score (nSPS) is 16.3. The van der Waals surface area contributed by atoms with Crippen LogP contribution in [-0.4, -0.2) is 130 Å². The van der Waals surface area contributed by atoms with E-state index in [2.05, 4.69) is 10.3 Å². The molecule has 310 valence electrons. The summed E-state index contributed by atoms with van der Waals surface area (Å²) in [6.45, 7) is 4.64. The highest BCUT2D eigenvalue weighted by Crippen LogP contribution is 2.51. The first-order chi connectivity index (χ1) is 27.5. The van der Waals surface area contributed by atoms with Gasteiger partial charge < -0.3 is 74.3 Å². The van der Waals surface area contributed by atoms with Crippen molar-refractivity contribution in [2.75, 3.05) is 72.6 Å². The molecule has 0 aliphatic carbocycles. The third kappa shape index (κ3) is 12.0. The number of carbonyl (C=O) groups is 1. The number of rotatable bonds is 23. The van der Waals surface area contributed by atoms with Crippen LogP contribution < -0.4 is 10.5 Å². The van der Waals surface area contributed by atoms with E-state index in [4.69, 9.17) is 43.6 Å². The molecule has 4 aromatic rings. The Balaban J connectivity index is 1.19. The lowest BCUT2D eigenvalue weighted by Crippen LogP contribution is -2.39. The molecule has 1 aliphatic heterocycles. The Kier molecular flexibility index (Phi) is 15.8. The lowest BCUT2D eigenvalue weighted by Gasteiger charge is -2.39. The lowest BCUT2D eigenvalue weighted by atomic mass is 9.90. The molecule has 0 spiro atoms. The van der Waals surface area contributed by atoms with Crippen molar-refractivity contribution < 1.29 is 77.7 Å². The number of nitrogens with zero attached hydrogens (tertiary/aromatic N) is 3. The highest BCUT2D eigenvalue weighted by atomic mass is 19.1. The van der Waals surface area contributed by atoms with E-state index in [0.717, 1.165) is 36.4 Å². The van der Waals surface area contributed by atoms with Crippen LogP contribution in [0.15, 0.2) is 48.7 Å². The molecule has 19 nitrogen and oxygen atoms in total. The number of nitrogens with two attached hydrogens (primary N) is 1. The van der Waals surface area contributed by atoms with Gasteiger partial charge in [0.2, 0.25) is 0 Å². The molecular weight excluding hydrogens is 759 g/mol. The smallest absolute Gasteiger partial charge is 0.338 e. The molecule has 2 heterocycles. The van der Waals surface area contributed by atoms with Crippen LogP contribution >= 0.6 is 0 Å². The maximum atomic E-state index is 14.2. The zero-order chi connectivity index (χ0) is 40.7. The fourth-order valence-corrected chi connectivity index (χ4v) is 5.59. The molecule has 0 saturated carbocycles. The summed E-state index contributed by atoms with van der Waals surface area (Å²) in [7, 11) is 0. The number of phenolic OH excluding ortho intramolecular Hbond substituents is 6. The second kappa shape index (κ2) is 21.2. The lowest BCUT2D eigenvalue weighted by molar-refractivity contribution is -0.116. The molecule has 8 N–H and O–H groups in total. The minimum atomic E-state index is -1.54. The summed E-state index contributed by atoms with van der Waals surface area (Å²) in [5.41, 5.74) is 5.29. The zero-order valence-electron chi connectivity index (χ0n) is 30.7. The van der Waals surface area contributed by atoms with Gasteiger partial charge >= 0.3 is 5.97 Å². The SMILES string of the molecule is NCCOCCOCCOCCOCCOCCn1cc(COC2c3c(O)cc(O)cc3OC(c3cc(O)c(O)c(O)c3)C2OC(=O)c2ccc(O)c(F)c2)nn1. The second-order valence-electron chi connectivity index (χ2n) is 12.4. The predicted molar refractivity (Wildman–Crippen MR) is 193 cm³/mol. The minimum Gasteiger partial charge on any atom is -0.508 e. The van der Waals surface area contributed by atoms with E-state index >= 15 is 0 Å². The van der Waals surface area contributed by atoms with Crippen LogP contribution in [0.3, 0.4) is 0 Å². The van der Waals surface area contributed by atoms with Crippen molar-refractivity contribution in [2.45, 2.75) is 31.5 Å². The Hall–Kier alpha value is -5.48. The number of aromatic nitrogens is 3. The monoisotopic (exact) mass is 804 g/mol. The van der Waals surface area contributed by atoms with E-state index < -0.39 is 58.8 Å². The van der Waals surface area contributed by atoms with Crippen molar-refractivity contribution in [3.63, 3.8) is 0 Å². The highest BCUT2D eigenvalue weighted by Gasteiger charge is 2.45. The van der Waals surface area contributed by atoms with Gasteiger partial charge in [0, 0.05) is 24.2 Å². The van der Waals surface area contributed by atoms with Gasteiger partial charge in [0.15, 0.2) is 41.0 Å². The van der Waals surface area contributed by atoms with Gasteiger partial charge in [-0.2, -0.15) is 0 Å². The first-order valence-corrected chi connectivity index (χ1v) is 17.8. The van der Waals surface area contributed by atoms with Crippen LogP contribution in [0.2, 0.25) is 0 Å². The number of esters is 1. The number of fused-ring (bicyclic) bond motifs is 1. The number of benzene rings is 3. The largest absolute Gasteiger partial charge is 0.508 e. The molecule has 3 aromatic carbocycles. The molecule has 0 bridgehead atoms. The predicted octanol–water partition coefficient (Wildman–Crippen LogP) is 2.31. The average molecular weight is 805 g/mol. The van der Waals surface area contributed by atoms with Crippen molar-refractivity contribution in [3.05, 3.63) is 76.9 Å². The molecule has 3 unspecified atom stereocenters. The van der Waals surface area contributed by atoms with Gasteiger partial charge in [0.1, 0.15) is 29.0 Å². The molecule has 3 atom stereocenters. The number of hydrogen-bond acceptors (Lipinski definition) is 18. The van der Waals surface area contributed by atoms with Crippen molar-refractivity contribution in [1.29, 1.82) is 0 Å². The minimum absolute atomic E-state index is 0.0218. The van der Waals surface area contributed by atoms with E-state index in [1.165, 1.54) is 10.7 Å². The quantitative estimate of drug-likeness (QED) is 0.0322. The number of phenols is 6. The molecule has 1 aromatic heterocycles. The van der Waals surface area contributed by atoms with Crippen LogP contribution in [0.1, 0.15) is 39.4 Å². The van der Waals surface area contributed by atoms with Gasteiger partial charge in [0.25, 0.3) is 0 Å². The molecule has 0 radical (unpaired) electrons. The Labute approximate surface area is 325 Å². The van der Waals surface area contributed by atoms with E-state index in [1.54, 1.807) is 6.20 Å². The summed E-state index contributed by atoms with van der Waals surface area (Å²) >= 11 is 0. The molecule has 0 saturated heterocycles. The topological polar surface area (TPSA) is 269 Å².